The van der Waals surface area contributed by atoms with E-state index in [1.807, 2.05) is 0 Å². The Hall–Kier alpha value is 0.210. The molecule has 0 radical (unpaired) electrons. The Morgan fingerprint density at radius 1 is 1.20 bits per heavy atom. The van der Waals surface area contributed by atoms with E-state index in [2.05, 4.69) is 38.2 Å². The zero-order chi connectivity index (χ0) is 11.7. The summed E-state index contributed by atoms with van der Waals surface area (Å²) in [5.41, 5.74) is 0.305. The third-order valence-electron chi connectivity index (χ3n) is 3.24. The van der Waals surface area contributed by atoms with Crippen LogP contribution in [0.25, 0.3) is 0 Å². The van der Waals surface area contributed by atoms with Crippen molar-refractivity contribution in [3.8, 4) is 0 Å². The molecular formula is C12H27ClN2. The maximum atomic E-state index is 6.04. The van der Waals surface area contributed by atoms with E-state index < -0.39 is 0 Å². The molecule has 0 aromatic carbocycles. The van der Waals surface area contributed by atoms with Crippen molar-refractivity contribution in [1.29, 1.82) is 0 Å². The van der Waals surface area contributed by atoms with Gasteiger partial charge in [0.1, 0.15) is 0 Å². The molecule has 0 aliphatic rings. The van der Waals surface area contributed by atoms with E-state index in [0.29, 0.717) is 5.41 Å². The first-order valence-corrected chi connectivity index (χ1v) is 6.55. The van der Waals surface area contributed by atoms with Gasteiger partial charge in [0.2, 0.25) is 0 Å². The smallest absolute Gasteiger partial charge is 0.0291 e. The summed E-state index contributed by atoms with van der Waals surface area (Å²) in [6.45, 7) is 7.76. The minimum Gasteiger partial charge on any atom is -0.316 e. The first-order chi connectivity index (χ1) is 7.10. The second-order valence-electron chi connectivity index (χ2n) is 4.67. The average Bonchev–Trinajstić information content (AvgIpc) is 2.24. The fourth-order valence-electron chi connectivity index (χ4n) is 1.61. The van der Waals surface area contributed by atoms with Crippen molar-refractivity contribution < 1.29 is 0 Å². The summed E-state index contributed by atoms with van der Waals surface area (Å²) in [5, 5.41) is 3.52. The van der Waals surface area contributed by atoms with Crippen LogP contribution in [0.2, 0.25) is 0 Å². The lowest BCUT2D eigenvalue weighted by molar-refractivity contribution is 0.283. The van der Waals surface area contributed by atoms with Crippen LogP contribution in [0.1, 0.15) is 33.1 Å². The van der Waals surface area contributed by atoms with E-state index in [4.69, 9.17) is 11.6 Å². The second-order valence-corrected chi connectivity index (χ2v) is 4.94. The van der Waals surface area contributed by atoms with Crippen molar-refractivity contribution in [3.05, 3.63) is 0 Å². The van der Waals surface area contributed by atoms with Crippen LogP contribution in [0.15, 0.2) is 0 Å². The minimum absolute atomic E-state index is 0.305. The number of nitrogens with zero attached hydrogens (tertiary/aromatic N) is 1. The number of nitrogens with one attached hydrogen (secondary N) is 1. The highest BCUT2D eigenvalue weighted by Crippen LogP contribution is 2.26. The largest absolute Gasteiger partial charge is 0.316 e. The van der Waals surface area contributed by atoms with Crippen LogP contribution in [-0.2, 0) is 0 Å². The van der Waals surface area contributed by atoms with Gasteiger partial charge in [0.25, 0.3) is 0 Å². The fraction of sp³-hybridized carbons (Fsp3) is 1.00. The highest BCUT2D eigenvalue weighted by atomic mass is 35.5. The normalized spacial score (nSPS) is 12.4. The molecule has 0 unspecified atom stereocenters. The third-order valence-corrected chi connectivity index (χ3v) is 3.81. The molecule has 0 spiro atoms. The van der Waals surface area contributed by atoms with E-state index in [-0.39, 0.29) is 0 Å². The van der Waals surface area contributed by atoms with Crippen LogP contribution in [0.3, 0.4) is 0 Å². The first kappa shape index (κ1) is 15.2. The molecule has 0 saturated carbocycles. The molecule has 92 valence electrons. The van der Waals surface area contributed by atoms with Crippen molar-refractivity contribution in [2.45, 2.75) is 33.1 Å². The van der Waals surface area contributed by atoms with Gasteiger partial charge in [-0.25, -0.2) is 0 Å². The lowest BCUT2D eigenvalue weighted by atomic mass is 9.84. The lowest BCUT2D eigenvalue weighted by Gasteiger charge is -2.29. The molecular weight excluding hydrogens is 208 g/mol. The van der Waals surface area contributed by atoms with E-state index in [1.165, 1.54) is 6.42 Å². The summed E-state index contributed by atoms with van der Waals surface area (Å²) in [6.07, 6.45) is 3.53. The van der Waals surface area contributed by atoms with E-state index in [1.54, 1.807) is 0 Å². The maximum absolute atomic E-state index is 6.04. The topological polar surface area (TPSA) is 15.3 Å². The van der Waals surface area contributed by atoms with Crippen LogP contribution in [-0.4, -0.2) is 44.5 Å². The number of rotatable bonds is 9. The van der Waals surface area contributed by atoms with Crippen LogP contribution >= 0.6 is 11.6 Å². The van der Waals surface area contributed by atoms with Gasteiger partial charge in [0.05, 0.1) is 0 Å². The molecule has 0 aliphatic heterocycles. The molecule has 3 heteroatoms. The van der Waals surface area contributed by atoms with Gasteiger partial charge >= 0.3 is 0 Å². The molecule has 0 fully saturated rings. The monoisotopic (exact) mass is 234 g/mol. The predicted octanol–water partition coefficient (Wildman–Crippen LogP) is 2.57. The van der Waals surface area contributed by atoms with Gasteiger partial charge in [0, 0.05) is 12.4 Å². The molecule has 0 atom stereocenters. The maximum Gasteiger partial charge on any atom is 0.0291 e. The molecule has 1 N–H and O–H groups in total. The number of hydrogen-bond donors (Lipinski definition) is 1. The summed E-state index contributed by atoms with van der Waals surface area (Å²) in [6, 6.07) is 0. The predicted molar refractivity (Wildman–Crippen MR) is 69.8 cm³/mol. The van der Waals surface area contributed by atoms with Crippen molar-refractivity contribution >= 4 is 11.6 Å². The zero-order valence-corrected chi connectivity index (χ0v) is 11.5. The third kappa shape index (κ3) is 6.39. The number of halogens is 1. The highest BCUT2D eigenvalue weighted by Gasteiger charge is 2.24. The van der Waals surface area contributed by atoms with Crippen LogP contribution in [0, 0.1) is 5.41 Å². The average molecular weight is 235 g/mol. The minimum atomic E-state index is 0.305. The van der Waals surface area contributed by atoms with Gasteiger partial charge < -0.3 is 10.2 Å². The zero-order valence-electron chi connectivity index (χ0n) is 10.8. The van der Waals surface area contributed by atoms with Crippen molar-refractivity contribution in [1.82, 2.24) is 10.2 Å². The Morgan fingerprint density at radius 3 is 2.20 bits per heavy atom. The molecule has 15 heavy (non-hydrogen) atoms. The Labute approximate surface area is 100 Å². The van der Waals surface area contributed by atoms with Crippen LogP contribution in [0.5, 0.6) is 0 Å². The Balaban J connectivity index is 3.63. The van der Waals surface area contributed by atoms with Gasteiger partial charge in [-0.1, -0.05) is 13.8 Å². The van der Waals surface area contributed by atoms with Gasteiger partial charge in [-0.2, -0.15) is 0 Å². The van der Waals surface area contributed by atoms with Crippen molar-refractivity contribution in [2.24, 2.45) is 5.41 Å². The molecule has 2 nitrogen and oxygen atoms in total. The molecule has 0 saturated heterocycles. The summed E-state index contributed by atoms with van der Waals surface area (Å²) < 4.78 is 0. The van der Waals surface area contributed by atoms with Gasteiger partial charge in [0.15, 0.2) is 0 Å². The number of hydrogen-bond acceptors (Lipinski definition) is 2. The van der Waals surface area contributed by atoms with Crippen molar-refractivity contribution in [3.63, 3.8) is 0 Å². The molecule has 0 bridgehead atoms. The molecule has 0 aromatic heterocycles. The van der Waals surface area contributed by atoms with Crippen LogP contribution < -0.4 is 5.32 Å². The summed E-state index contributed by atoms with van der Waals surface area (Å²) in [7, 11) is 4.22. The Morgan fingerprint density at radius 2 is 1.80 bits per heavy atom. The first-order valence-electron chi connectivity index (χ1n) is 6.01. The quantitative estimate of drug-likeness (QED) is 0.487. The molecule has 0 heterocycles. The lowest BCUT2D eigenvalue weighted by Crippen LogP contribution is -2.36. The standard InChI is InChI=1S/C12H27ClN2/c1-5-12(6-2,10-13)11-14-8-7-9-15(3)4/h14H,5-11H2,1-4H3. The summed E-state index contributed by atoms with van der Waals surface area (Å²) in [4.78, 5) is 2.22. The molecule has 0 aliphatic carbocycles. The van der Waals surface area contributed by atoms with Gasteiger partial charge in [-0.3, -0.25) is 0 Å². The SMILES string of the molecule is CCC(CC)(CCl)CNCCCN(C)C. The van der Waals surface area contributed by atoms with E-state index >= 15 is 0 Å². The van der Waals surface area contributed by atoms with Crippen molar-refractivity contribution in [2.75, 3.05) is 39.6 Å². The van der Waals surface area contributed by atoms with E-state index in [9.17, 15) is 0 Å². The number of alkyl halides is 1. The highest BCUT2D eigenvalue weighted by molar-refractivity contribution is 6.18. The summed E-state index contributed by atoms with van der Waals surface area (Å²) in [5.74, 6) is 0.765. The molecule has 0 aromatic rings. The van der Waals surface area contributed by atoms with E-state index in [0.717, 1.165) is 38.4 Å². The Bertz CT molecular complexity index is 136. The fourth-order valence-corrected chi connectivity index (χ4v) is 2.08. The molecule has 0 rings (SSSR count). The summed E-state index contributed by atoms with van der Waals surface area (Å²) >= 11 is 6.04. The van der Waals surface area contributed by atoms with Gasteiger partial charge in [-0.05, 0) is 51.9 Å². The van der Waals surface area contributed by atoms with Crippen LogP contribution in [0.4, 0.5) is 0 Å². The Kier molecular flexibility index (Phi) is 8.49. The van der Waals surface area contributed by atoms with Gasteiger partial charge in [-0.15, -0.1) is 11.6 Å². The molecule has 0 amide bonds. The second kappa shape index (κ2) is 8.37.